The molecule has 2 aromatic carbocycles. The minimum atomic E-state index is -0.319. The van der Waals surface area contributed by atoms with Gasteiger partial charge in [-0.15, -0.1) is 0 Å². The van der Waals surface area contributed by atoms with Crippen molar-refractivity contribution in [1.29, 1.82) is 0 Å². The molecule has 0 bridgehead atoms. The Balaban J connectivity index is 2.52. The smallest absolute Gasteiger partial charge is 0.125 e. The lowest BCUT2D eigenvalue weighted by molar-refractivity contribution is 0.628. The van der Waals surface area contributed by atoms with Crippen LogP contribution in [0.15, 0.2) is 42.5 Å². The molecule has 0 atom stereocenters. The summed E-state index contributed by atoms with van der Waals surface area (Å²) in [5, 5.41) is 0.410. The topological polar surface area (TPSA) is 0 Å². The van der Waals surface area contributed by atoms with Gasteiger partial charge in [-0.25, -0.2) is 4.39 Å². The lowest BCUT2D eigenvalue weighted by Crippen LogP contribution is -1.80. The van der Waals surface area contributed by atoms with Crippen molar-refractivity contribution in [3.05, 3.63) is 59.4 Å². The summed E-state index contributed by atoms with van der Waals surface area (Å²) in [5.41, 5.74) is 1.72. The van der Waals surface area contributed by atoms with Crippen LogP contribution in [-0.4, -0.2) is 0 Å². The molecule has 0 aliphatic rings. The fourth-order valence-electron chi connectivity index (χ4n) is 1.30. The van der Waals surface area contributed by atoms with Gasteiger partial charge in [0.05, 0.1) is 0 Å². The molecule has 0 aliphatic heterocycles. The van der Waals surface area contributed by atoms with E-state index in [0.717, 1.165) is 11.1 Å². The maximum atomic E-state index is 13.0. The van der Waals surface area contributed by atoms with E-state index in [0.29, 0.717) is 5.02 Å². The molecule has 69 valence electrons. The van der Waals surface area contributed by atoms with Gasteiger partial charge in [0.15, 0.2) is 0 Å². The van der Waals surface area contributed by atoms with Gasteiger partial charge in [-0.05, 0) is 35.4 Å². The minimum Gasteiger partial charge on any atom is -0.207 e. The zero-order chi connectivity index (χ0) is 9.97. The number of halogens is 2. The van der Waals surface area contributed by atoms with Crippen molar-refractivity contribution in [1.82, 2.24) is 0 Å². The standard InChI is InChI=1S/C12H7ClF/c13-11-6-10(7-12(14)8-11)9-4-2-1-3-5-9/h2-8H. The van der Waals surface area contributed by atoms with Crippen LogP contribution in [0.2, 0.25) is 5.02 Å². The zero-order valence-corrected chi connectivity index (χ0v) is 8.05. The number of hydrogen-bond acceptors (Lipinski definition) is 0. The molecule has 0 saturated heterocycles. The van der Waals surface area contributed by atoms with Crippen molar-refractivity contribution in [2.75, 3.05) is 0 Å². The van der Waals surface area contributed by atoms with Crippen molar-refractivity contribution in [2.45, 2.75) is 0 Å². The van der Waals surface area contributed by atoms with Crippen molar-refractivity contribution in [3.8, 4) is 11.1 Å². The quantitative estimate of drug-likeness (QED) is 0.662. The molecule has 2 rings (SSSR count). The molecular formula is C12H7ClF. The van der Waals surface area contributed by atoms with Gasteiger partial charge in [-0.2, -0.15) is 0 Å². The average molecular weight is 206 g/mol. The van der Waals surface area contributed by atoms with Crippen LogP contribution in [0.3, 0.4) is 0 Å². The summed E-state index contributed by atoms with van der Waals surface area (Å²) < 4.78 is 13.0. The molecule has 0 aliphatic carbocycles. The van der Waals surface area contributed by atoms with E-state index in [9.17, 15) is 4.39 Å². The maximum Gasteiger partial charge on any atom is 0.125 e. The molecule has 0 saturated carbocycles. The van der Waals surface area contributed by atoms with Crippen LogP contribution in [0.25, 0.3) is 11.1 Å². The van der Waals surface area contributed by atoms with Crippen LogP contribution in [0.5, 0.6) is 0 Å². The maximum absolute atomic E-state index is 13.0. The van der Waals surface area contributed by atoms with Gasteiger partial charge in [0.25, 0.3) is 0 Å². The molecule has 2 aromatic rings. The van der Waals surface area contributed by atoms with E-state index in [1.54, 1.807) is 18.2 Å². The van der Waals surface area contributed by atoms with Crippen molar-refractivity contribution < 1.29 is 4.39 Å². The van der Waals surface area contributed by atoms with Crippen molar-refractivity contribution in [3.63, 3.8) is 0 Å². The Kier molecular flexibility index (Phi) is 2.51. The summed E-state index contributed by atoms with van der Waals surface area (Å²) in [6.07, 6.45) is 0. The number of benzene rings is 2. The van der Waals surface area contributed by atoms with Crippen LogP contribution in [-0.2, 0) is 0 Å². The second kappa shape index (κ2) is 3.81. The van der Waals surface area contributed by atoms with Crippen molar-refractivity contribution in [2.24, 2.45) is 0 Å². The molecule has 0 unspecified atom stereocenters. The average Bonchev–Trinajstić information content (AvgIpc) is 2.18. The van der Waals surface area contributed by atoms with Gasteiger partial charge in [0.1, 0.15) is 5.82 Å². The highest BCUT2D eigenvalue weighted by Gasteiger charge is 2.00. The second-order valence-electron chi connectivity index (χ2n) is 2.95. The fraction of sp³-hybridized carbons (Fsp3) is 0. The lowest BCUT2D eigenvalue weighted by atomic mass is 10.1. The summed E-state index contributed by atoms with van der Waals surface area (Å²) in [5.74, 6) is -0.319. The summed E-state index contributed by atoms with van der Waals surface area (Å²) in [4.78, 5) is 0. The first-order valence-electron chi connectivity index (χ1n) is 4.18. The Morgan fingerprint density at radius 1 is 1.00 bits per heavy atom. The number of hydrogen-bond donors (Lipinski definition) is 0. The monoisotopic (exact) mass is 205 g/mol. The molecule has 2 heteroatoms. The molecular weight excluding hydrogens is 199 g/mol. The van der Waals surface area contributed by atoms with Crippen molar-refractivity contribution >= 4 is 11.6 Å². The normalized spacial score (nSPS) is 10.1. The third kappa shape index (κ3) is 1.94. The summed E-state index contributed by atoms with van der Waals surface area (Å²) in [6.45, 7) is 0. The minimum absolute atomic E-state index is 0.319. The zero-order valence-electron chi connectivity index (χ0n) is 7.30. The summed E-state index contributed by atoms with van der Waals surface area (Å²) in [6, 6.07) is 14.7. The first-order valence-corrected chi connectivity index (χ1v) is 4.56. The number of rotatable bonds is 1. The molecule has 0 N–H and O–H groups in total. The Bertz CT molecular complexity index is 417. The molecule has 1 radical (unpaired) electrons. The Labute approximate surface area is 87.0 Å². The predicted octanol–water partition coefficient (Wildman–Crippen LogP) is 3.95. The third-order valence-corrected chi connectivity index (χ3v) is 2.13. The SMILES string of the molecule is Fc1cc(Cl)cc(-c2cc[c]cc2)c1. The van der Waals surface area contributed by atoms with E-state index in [1.165, 1.54) is 12.1 Å². The Morgan fingerprint density at radius 3 is 2.36 bits per heavy atom. The molecule has 0 heterocycles. The van der Waals surface area contributed by atoms with E-state index in [-0.39, 0.29) is 5.82 Å². The van der Waals surface area contributed by atoms with Gasteiger partial charge in [-0.3, -0.25) is 0 Å². The van der Waals surface area contributed by atoms with Gasteiger partial charge < -0.3 is 0 Å². The van der Waals surface area contributed by atoms with Crippen LogP contribution in [0, 0.1) is 11.9 Å². The van der Waals surface area contributed by atoms with Gasteiger partial charge in [-0.1, -0.05) is 35.9 Å². The second-order valence-corrected chi connectivity index (χ2v) is 3.38. The van der Waals surface area contributed by atoms with Crippen LogP contribution in [0.1, 0.15) is 0 Å². The highest BCUT2D eigenvalue weighted by atomic mass is 35.5. The highest BCUT2D eigenvalue weighted by Crippen LogP contribution is 2.23. The fourth-order valence-corrected chi connectivity index (χ4v) is 1.52. The molecule has 0 fully saturated rings. The van der Waals surface area contributed by atoms with E-state index in [1.807, 2.05) is 12.1 Å². The lowest BCUT2D eigenvalue weighted by Gasteiger charge is -2.01. The van der Waals surface area contributed by atoms with E-state index >= 15 is 0 Å². The molecule has 0 spiro atoms. The van der Waals surface area contributed by atoms with Gasteiger partial charge in [0, 0.05) is 5.02 Å². The Hall–Kier alpha value is -1.34. The predicted molar refractivity (Wildman–Crippen MR) is 55.7 cm³/mol. The molecule has 14 heavy (non-hydrogen) atoms. The van der Waals surface area contributed by atoms with Crippen LogP contribution >= 0.6 is 11.6 Å². The van der Waals surface area contributed by atoms with Crippen LogP contribution in [0.4, 0.5) is 4.39 Å². The van der Waals surface area contributed by atoms with E-state index < -0.39 is 0 Å². The van der Waals surface area contributed by atoms with E-state index in [4.69, 9.17) is 11.6 Å². The first kappa shape index (κ1) is 9.22. The van der Waals surface area contributed by atoms with Gasteiger partial charge >= 0.3 is 0 Å². The third-order valence-electron chi connectivity index (χ3n) is 1.91. The highest BCUT2D eigenvalue weighted by molar-refractivity contribution is 6.30. The van der Waals surface area contributed by atoms with Crippen LogP contribution < -0.4 is 0 Å². The largest absolute Gasteiger partial charge is 0.207 e. The molecule has 0 aromatic heterocycles. The van der Waals surface area contributed by atoms with Gasteiger partial charge in [0.2, 0.25) is 0 Å². The molecule has 0 nitrogen and oxygen atoms in total. The summed E-state index contributed by atoms with van der Waals surface area (Å²) >= 11 is 5.75. The molecule has 0 amide bonds. The first-order chi connectivity index (χ1) is 6.75. The van der Waals surface area contributed by atoms with E-state index in [2.05, 4.69) is 6.07 Å². The summed E-state index contributed by atoms with van der Waals surface area (Å²) in [7, 11) is 0. The Morgan fingerprint density at radius 2 is 1.71 bits per heavy atom.